The smallest absolute Gasteiger partial charge is 0.242 e. The van der Waals surface area contributed by atoms with Crippen molar-refractivity contribution in [2.45, 2.75) is 59.4 Å². The summed E-state index contributed by atoms with van der Waals surface area (Å²) in [6.07, 6.45) is 0.871. The minimum atomic E-state index is -0.508. The molecule has 0 spiro atoms. The van der Waals surface area contributed by atoms with Crippen molar-refractivity contribution in [3.05, 3.63) is 70.3 Å². The quantitative estimate of drug-likeness (QED) is 0.594. The average molecular weight is 427 g/mol. The molecule has 0 aliphatic heterocycles. The first-order chi connectivity index (χ1) is 14.3. The van der Waals surface area contributed by atoms with Crippen LogP contribution in [0.25, 0.3) is 0 Å². The standard InChI is InChI=1S/C25H34N2O2S/c1-6-10-26-25(29)21(5)27(15-22-9-7-8-18(2)12-22)24(28)17-30-16-23-13-19(3)11-20(4)14-23/h7-9,11-14,21H,6,10,15-17H2,1-5H3,(H,26,29)/t21-/m0/s1. The Kier molecular flexibility index (Phi) is 9.44. The van der Waals surface area contributed by atoms with E-state index < -0.39 is 6.04 Å². The molecular weight excluding hydrogens is 392 g/mol. The van der Waals surface area contributed by atoms with Gasteiger partial charge in [-0.05, 0) is 45.2 Å². The van der Waals surface area contributed by atoms with Crippen LogP contribution in [0, 0.1) is 20.8 Å². The summed E-state index contributed by atoms with van der Waals surface area (Å²) in [5.41, 5.74) is 5.88. The zero-order valence-corrected chi connectivity index (χ0v) is 19.6. The molecule has 162 valence electrons. The number of hydrogen-bond acceptors (Lipinski definition) is 3. The Morgan fingerprint density at radius 1 is 1.00 bits per heavy atom. The molecule has 2 aromatic rings. The zero-order chi connectivity index (χ0) is 22.1. The minimum absolute atomic E-state index is 0.00923. The molecule has 0 heterocycles. The van der Waals surface area contributed by atoms with Gasteiger partial charge in [0.05, 0.1) is 5.75 Å². The number of aryl methyl sites for hydroxylation is 3. The van der Waals surface area contributed by atoms with E-state index in [1.807, 2.05) is 39.0 Å². The van der Waals surface area contributed by atoms with E-state index in [4.69, 9.17) is 0 Å². The summed E-state index contributed by atoms with van der Waals surface area (Å²) in [4.78, 5) is 27.4. The van der Waals surface area contributed by atoms with E-state index in [1.54, 1.807) is 16.7 Å². The lowest BCUT2D eigenvalue weighted by atomic mass is 10.1. The van der Waals surface area contributed by atoms with E-state index >= 15 is 0 Å². The van der Waals surface area contributed by atoms with Gasteiger partial charge in [0.15, 0.2) is 0 Å². The van der Waals surface area contributed by atoms with Crippen LogP contribution in [0.15, 0.2) is 42.5 Å². The Labute approximate surface area is 185 Å². The van der Waals surface area contributed by atoms with Gasteiger partial charge in [-0.25, -0.2) is 0 Å². The molecule has 0 aliphatic rings. The third-order valence-electron chi connectivity index (χ3n) is 4.93. The van der Waals surface area contributed by atoms with Gasteiger partial charge in [-0.1, -0.05) is 66.1 Å². The van der Waals surface area contributed by atoms with Gasteiger partial charge >= 0.3 is 0 Å². The molecule has 0 radical (unpaired) electrons. The van der Waals surface area contributed by atoms with Crippen LogP contribution in [0.4, 0.5) is 0 Å². The van der Waals surface area contributed by atoms with Crippen molar-refractivity contribution in [2.75, 3.05) is 12.3 Å². The second-order valence-corrected chi connectivity index (χ2v) is 8.95. The van der Waals surface area contributed by atoms with E-state index in [9.17, 15) is 9.59 Å². The molecule has 0 fully saturated rings. The topological polar surface area (TPSA) is 49.4 Å². The van der Waals surface area contributed by atoms with Crippen LogP contribution < -0.4 is 5.32 Å². The molecule has 0 bridgehead atoms. The molecular formula is C25H34N2O2S. The molecule has 2 aromatic carbocycles. The number of nitrogens with zero attached hydrogens (tertiary/aromatic N) is 1. The lowest BCUT2D eigenvalue weighted by Crippen LogP contribution is -2.48. The maximum atomic E-state index is 13.1. The molecule has 5 heteroatoms. The number of carbonyl (C=O) groups excluding carboxylic acids is 2. The van der Waals surface area contributed by atoms with E-state index in [0.717, 1.165) is 23.3 Å². The number of hydrogen-bond donors (Lipinski definition) is 1. The van der Waals surface area contributed by atoms with Gasteiger partial charge < -0.3 is 10.2 Å². The van der Waals surface area contributed by atoms with Crippen molar-refractivity contribution in [1.29, 1.82) is 0 Å². The highest BCUT2D eigenvalue weighted by atomic mass is 32.2. The maximum Gasteiger partial charge on any atom is 0.242 e. The lowest BCUT2D eigenvalue weighted by molar-refractivity contribution is -0.138. The summed E-state index contributed by atoms with van der Waals surface area (Å²) < 4.78 is 0. The molecule has 2 rings (SSSR count). The van der Waals surface area contributed by atoms with Crippen molar-refractivity contribution >= 4 is 23.6 Å². The normalized spacial score (nSPS) is 11.8. The van der Waals surface area contributed by atoms with Gasteiger partial charge in [0.1, 0.15) is 6.04 Å². The number of rotatable bonds is 10. The molecule has 2 amide bonds. The predicted molar refractivity (Wildman–Crippen MR) is 127 cm³/mol. The zero-order valence-electron chi connectivity index (χ0n) is 18.8. The fourth-order valence-electron chi connectivity index (χ4n) is 3.48. The van der Waals surface area contributed by atoms with Crippen LogP contribution in [-0.2, 0) is 21.9 Å². The Hall–Kier alpha value is -2.27. The largest absolute Gasteiger partial charge is 0.354 e. The molecule has 1 N–H and O–H groups in total. The first kappa shape index (κ1) is 24.0. The predicted octanol–water partition coefficient (Wildman–Crippen LogP) is 4.79. The van der Waals surface area contributed by atoms with Crippen LogP contribution in [-0.4, -0.2) is 35.1 Å². The molecule has 1 atom stereocenters. The van der Waals surface area contributed by atoms with Gasteiger partial charge in [-0.2, -0.15) is 0 Å². The molecule has 0 saturated carbocycles. The summed E-state index contributed by atoms with van der Waals surface area (Å²) in [5.74, 6) is 1.02. The van der Waals surface area contributed by atoms with Crippen molar-refractivity contribution < 1.29 is 9.59 Å². The Bertz CT molecular complexity index is 846. The fraction of sp³-hybridized carbons (Fsp3) is 0.440. The molecule has 0 unspecified atom stereocenters. The van der Waals surface area contributed by atoms with Gasteiger partial charge in [-0.3, -0.25) is 9.59 Å². The summed E-state index contributed by atoms with van der Waals surface area (Å²) in [6, 6.07) is 14.1. The molecule has 30 heavy (non-hydrogen) atoms. The first-order valence-corrected chi connectivity index (χ1v) is 11.7. The van der Waals surface area contributed by atoms with E-state index in [-0.39, 0.29) is 11.8 Å². The van der Waals surface area contributed by atoms with Crippen molar-refractivity contribution in [1.82, 2.24) is 10.2 Å². The Morgan fingerprint density at radius 2 is 1.67 bits per heavy atom. The number of nitrogens with one attached hydrogen (secondary N) is 1. The SMILES string of the molecule is CCCNC(=O)[C@H](C)N(Cc1cccc(C)c1)C(=O)CSCc1cc(C)cc(C)c1. The Balaban J connectivity index is 2.07. The van der Waals surface area contributed by atoms with Crippen molar-refractivity contribution in [3.8, 4) is 0 Å². The Morgan fingerprint density at radius 3 is 2.30 bits per heavy atom. The van der Waals surface area contributed by atoms with Crippen LogP contribution >= 0.6 is 11.8 Å². The molecule has 0 aromatic heterocycles. The van der Waals surface area contributed by atoms with Gasteiger partial charge in [-0.15, -0.1) is 11.8 Å². The highest BCUT2D eigenvalue weighted by Crippen LogP contribution is 2.18. The molecule has 0 saturated heterocycles. The number of carbonyl (C=O) groups is 2. The van der Waals surface area contributed by atoms with E-state index in [2.05, 4.69) is 43.4 Å². The van der Waals surface area contributed by atoms with Crippen LogP contribution in [0.3, 0.4) is 0 Å². The van der Waals surface area contributed by atoms with Crippen LogP contribution in [0.2, 0.25) is 0 Å². The monoisotopic (exact) mass is 426 g/mol. The third kappa shape index (κ3) is 7.52. The maximum absolute atomic E-state index is 13.1. The van der Waals surface area contributed by atoms with Crippen LogP contribution in [0.1, 0.15) is 48.1 Å². The number of thioether (sulfide) groups is 1. The summed E-state index contributed by atoms with van der Waals surface area (Å²) in [7, 11) is 0. The third-order valence-corrected chi connectivity index (χ3v) is 5.92. The number of amides is 2. The molecule has 4 nitrogen and oxygen atoms in total. The fourth-order valence-corrected chi connectivity index (χ4v) is 4.32. The summed E-state index contributed by atoms with van der Waals surface area (Å²) in [6.45, 7) is 11.1. The highest BCUT2D eigenvalue weighted by Gasteiger charge is 2.25. The second kappa shape index (κ2) is 11.8. The average Bonchev–Trinajstić information content (AvgIpc) is 2.69. The first-order valence-electron chi connectivity index (χ1n) is 10.6. The molecule has 0 aliphatic carbocycles. The van der Waals surface area contributed by atoms with Crippen molar-refractivity contribution in [3.63, 3.8) is 0 Å². The summed E-state index contributed by atoms with van der Waals surface area (Å²) in [5, 5.41) is 2.92. The minimum Gasteiger partial charge on any atom is -0.354 e. The van der Waals surface area contributed by atoms with Crippen LogP contribution in [0.5, 0.6) is 0 Å². The second-order valence-electron chi connectivity index (χ2n) is 7.97. The lowest BCUT2D eigenvalue weighted by Gasteiger charge is -2.29. The van der Waals surface area contributed by atoms with Crippen molar-refractivity contribution in [2.24, 2.45) is 0 Å². The van der Waals surface area contributed by atoms with Gasteiger partial charge in [0.25, 0.3) is 0 Å². The number of benzene rings is 2. The summed E-state index contributed by atoms with van der Waals surface area (Å²) >= 11 is 1.60. The van der Waals surface area contributed by atoms with Gasteiger partial charge in [0.2, 0.25) is 11.8 Å². The highest BCUT2D eigenvalue weighted by molar-refractivity contribution is 7.99. The van der Waals surface area contributed by atoms with E-state index in [1.165, 1.54) is 16.7 Å². The van der Waals surface area contributed by atoms with E-state index in [0.29, 0.717) is 18.8 Å². The van der Waals surface area contributed by atoms with Gasteiger partial charge in [0, 0.05) is 18.8 Å².